The number of hydrogen-bond acceptors (Lipinski definition) is 3. The highest BCUT2D eigenvalue weighted by Crippen LogP contribution is 2.35. The number of nitrogen functional groups attached to an aromatic ring is 1. The molecule has 2 aromatic rings. The van der Waals surface area contributed by atoms with Gasteiger partial charge in [0, 0.05) is 17.8 Å². The molecule has 4 nitrogen and oxygen atoms in total. The number of pyridine rings is 1. The third kappa shape index (κ3) is 1.38. The number of nitrogens with zero attached hydrogens (tertiary/aromatic N) is 3. The molecule has 4 heteroatoms. The zero-order chi connectivity index (χ0) is 11.0. The standard InChI is InChI=1S/C12H14N4/c13-12-10(5-2-6-15-12)11-7-14-8-16(11)9-3-1-4-9/h2,5-9H,1,3-4H2,(H2,13,15). The maximum atomic E-state index is 5.89. The van der Waals surface area contributed by atoms with Crippen LogP contribution in [0, 0.1) is 0 Å². The topological polar surface area (TPSA) is 56.7 Å². The van der Waals surface area contributed by atoms with Crippen molar-refractivity contribution < 1.29 is 0 Å². The molecule has 16 heavy (non-hydrogen) atoms. The van der Waals surface area contributed by atoms with Crippen LogP contribution >= 0.6 is 0 Å². The van der Waals surface area contributed by atoms with E-state index in [1.54, 1.807) is 6.20 Å². The van der Waals surface area contributed by atoms with E-state index in [9.17, 15) is 0 Å². The van der Waals surface area contributed by atoms with Gasteiger partial charge in [0.05, 0.1) is 18.2 Å². The lowest BCUT2D eigenvalue weighted by Gasteiger charge is -2.28. The highest BCUT2D eigenvalue weighted by molar-refractivity contribution is 5.70. The van der Waals surface area contributed by atoms with E-state index in [0.717, 1.165) is 11.3 Å². The van der Waals surface area contributed by atoms with Crippen molar-refractivity contribution in [3.8, 4) is 11.3 Å². The molecule has 0 atom stereocenters. The second-order valence-electron chi connectivity index (χ2n) is 4.21. The molecule has 2 N–H and O–H groups in total. The molecule has 0 spiro atoms. The van der Waals surface area contributed by atoms with Crippen LogP contribution in [0.3, 0.4) is 0 Å². The molecule has 2 heterocycles. The summed E-state index contributed by atoms with van der Waals surface area (Å²) in [6.45, 7) is 0. The molecule has 0 bridgehead atoms. The van der Waals surface area contributed by atoms with Crippen molar-refractivity contribution in [2.45, 2.75) is 25.3 Å². The largest absolute Gasteiger partial charge is 0.383 e. The van der Waals surface area contributed by atoms with Crippen molar-refractivity contribution in [2.24, 2.45) is 0 Å². The predicted molar refractivity (Wildman–Crippen MR) is 62.8 cm³/mol. The molecular weight excluding hydrogens is 200 g/mol. The average molecular weight is 214 g/mol. The van der Waals surface area contributed by atoms with Crippen molar-refractivity contribution in [1.82, 2.24) is 14.5 Å². The first-order chi connectivity index (χ1) is 7.86. The van der Waals surface area contributed by atoms with Crippen LogP contribution in [0.4, 0.5) is 5.82 Å². The summed E-state index contributed by atoms with van der Waals surface area (Å²) >= 11 is 0. The van der Waals surface area contributed by atoms with Gasteiger partial charge in [-0.15, -0.1) is 0 Å². The Hall–Kier alpha value is -1.84. The second-order valence-corrected chi connectivity index (χ2v) is 4.21. The maximum absolute atomic E-state index is 5.89. The van der Waals surface area contributed by atoms with E-state index in [1.165, 1.54) is 19.3 Å². The number of aromatic nitrogens is 3. The van der Waals surface area contributed by atoms with Crippen molar-refractivity contribution in [3.05, 3.63) is 30.9 Å². The van der Waals surface area contributed by atoms with E-state index in [2.05, 4.69) is 14.5 Å². The van der Waals surface area contributed by atoms with Crippen LogP contribution < -0.4 is 5.73 Å². The number of hydrogen-bond donors (Lipinski definition) is 1. The number of imidazole rings is 1. The van der Waals surface area contributed by atoms with E-state index < -0.39 is 0 Å². The van der Waals surface area contributed by atoms with Crippen LogP contribution in [-0.2, 0) is 0 Å². The van der Waals surface area contributed by atoms with Crippen LogP contribution in [0.25, 0.3) is 11.3 Å². The minimum absolute atomic E-state index is 0.573. The van der Waals surface area contributed by atoms with Crippen LogP contribution in [0.1, 0.15) is 25.3 Å². The SMILES string of the molecule is Nc1ncccc1-c1cncn1C1CCC1. The van der Waals surface area contributed by atoms with Gasteiger partial charge in [-0.1, -0.05) is 0 Å². The van der Waals surface area contributed by atoms with Gasteiger partial charge in [-0.3, -0.25) is 0 Å². The second kappa shape index (κ2) is 3.63. The van der Waals surface area contributed by atoms with E-state index in [4.69, 9.17) is 5.73 Å². The Balaban J connectivity index is 2.06. The van der Waals surface area contributed by atoms with Crippen molar-refractivity contribution in [2.75, 3.05) is 5.73 Å². The molecule has 1 aliphatic carbocycles. The molecule has 2 aromatic heterocycles. The molecule has 0 aliphatic heterocycles. The fourth-order valence-electron chi connectivity index (χ4n) is 2.10. The lowest BCUT2D eigenvalue weighted by Crippen LogP contribution is -2.17. The first-order valence-corrected chi connectivity index (χ1v) is 5.59. The Morgan fingerprint density at radius 2 is 2.25 bits per heavy atom. The zero-order valence-corrected chi connectivity index (χ0v) is 9.00. The van der Waals surface area contributed by atoms with Gasteiger partial charge < -0.3 is 10.3 Å². The lowest BCUT2D eigenvalue weighted by molar-refractivity contribution is 0.316. The third-order valence-electron chi connectivity index (χ3n) is 3.25. The van der Waals surface area contributed by atoms with Gasteiger partial charge in [0.2, 0.25) is 0 Å². The third-order valence-corrected chi connectivity index (χ3v) is 3.25. The molecule has 0 unspecified atom stereocenters. The average Bonchev–Trinajstić information content (AvgIpc) is 2.65. The maximum Gasteiger partial charge on any atom is 0.132 e. The van der Waals surface area contributed by atoms with Gasteiger partial charge >= 0.3 is 0 Å². The number of rotatable bonds is 2. The lowest BCUT2D eigenvalue weighted by atomic mass is 9.92. The van der Waals surface area contributed by atoms with Crippen molar-refractivity contribution in [1.29, 1.82) is 0 Å². The fourth-order valence-corrected chi connectivity index (χ4v) is 2.10. The summed E-state index contributed by atoms with van der Waals surface area (Å²) in [7, 11) is 0. The van der Waals surface area contributed by atoms with Gasteiger partial charge in [-0.2, -0.15) is 0 Å². The zero-order valence-electron chi connectivity index (χ0n) is 9.00. The summed E-state index contributed by atoms with van der Waals surface area (Å²) in [6, 6.07) is 4.50. The van der Waals surface area contributed by atoms with Crippen molar-refractivity contribution >= 4 is 5.82 Å². The van der Waals surface area contributed by atoms with Gasteiger partial charge in [-0.25, -0.2) is 9.97 Å². The van der Waals surface area contributed by atoms with Crippen LogP contribution in [0.2, 0.25) is 0 Å². The molecule has 0 aromatic carbocycles. The van der Waals surface area contributed by atoms with E-state index in [1.807, 2.05) is 24.7 Å². The molecule has 0 amide bonds. The smallest absolute Gasteiger partial charge is 0.132 e. The Bertz CT molecular complexity index is 499. The summed E-state index contributed by atoms with van der Waals surface area (Å²) < 4.78 is 2.22. The molecule has 1 aliphatic rings. The predicted octanol–water partition coefficient (Wildman–Crippen LogP) is 2.25. The molecule has 1 saturated carbocycles. The Morgan fingerprint density at radius 1 is 1.38 bits per heavy atom. The normalized spacial score (nSPS) is 16.0. The Kier molecular flexibility index (Phi) is 2.13. The molecule has 0 saturated heterocycles. The van der Waals surface area contributed by atoms with Gasteiger partial charge in [0.25, 0.3) is 0 Å². The minimum atomic E-state index is 0.573. The summed E-state index contributed by atoms with van der Waals surface area (Å²) in [5, 5.41) is 0. The molecule has 0 radical (unpaired) electrons. The van der Waals surface area contributed by atoms with Gasteiger partial charge in [-0.05, 0) is 31.4 Å². The first kappa shape index (κ1) is 9.39. The molecular formula is C12H14N4. The molecule has 82 valence electrons. The Labute approximate surface area is 94.1 Å². The first-order valence-electron chi connectivity index (χ1n) is 5.59. The summed E-state index contributed by atoms with van der Waals surface area (Å²) in [6.07, 6.45) is 9.26. The van der Waals surface area contributed by atoms with Gasteiger partial charge in [0.1, 0.15) is 5.82 Å². The van der Waals surface area contributed by atoms with Crippen LogP contribution in [-0.4, -0.2) is 14.5 Å². The summed E-state index contributed by atoms with van der Waals surface area (Å²) in [5.41, 5.74) is 7.95. The quantitative estimate of drug-likeness (QED) is 0.834. The van der Waals surface area contributed by atoms with E-state index >= 15 is 0 Å². The highest BCUT2D eigenvalue weighted by Gasteiger charge is 2.22. The molecule has 3 rings (SSSR count). The summed E-state index contributed by atoms with van der Waals surface area (Å²) in [4.78, 5) is 8.34. The minimum Gasteiger partial charge on any atom is -0.383 e. The number of anilines is 1. The fraction of sp³-hybridized carbons (Fsp3) is 0.333. The van der Waals surface area contributed by atoms with E-state index in [-0.39, 0.29) is 0 Å². The van der Waals surface area contributed by atoms with E-state index in [0.29, 0.717) is 11.9 Å². The summed E-state index contributed by atoms with van der Waals surface area (Å²) in [5.74, 6) is 0.573. The van der Waals surface area contributed by atoms with Crippen LogP contribution in [0.5, 0.6) is 0 Å². The Morgan fingerprint density at radius 3 is 2.94 bits per heavy atom. The monoisotopic (exact) mass is 214 g/mol. The van der Waals surface area contributed by atoms with Crippen molar-refractivity contribution in [3.63, 3.8) is 0 Å². The number of nitrogens with two attached hydrogens (primary N) is 1. The van der Waals surface area contributed by atoms with Crippen LogP contribution in [0.15, 0.2) is 30.9 Å². The molecule has 1 fully saturated rings. The highest BCUT2D eigenvalue weighted by atomic mass is 15.1. The van der Waals surface area contributed by atoms with Gasteiger partial charge in [0.15, 0.2) is 0 Å².